The van der Waals surface area contributed by atoms with E-state index in [4.69, 9.17) is 4.74 Å². The lowest BCUT2D eigenvalue weighted by atomic mass is 9.54. The molecule has 4 saturated carbocycles. The molecule has 4 aliphatic carbocycles. The minimum atomic E-state index is -0.323. The van der Waals surface area contributed by atoms with E-state index >= 15 is 0 Å². The quantitative estimate of drug-likeness (QED) is 0.811. The average Bonchev–Trinajstić information content (AvgIpc) is 2.53. The molecule has 1 atom stereocenters. The Labute approximate surface area is 141 Å². The number of likely N-dealkylation sites (N-methyl/N-ethyl adjacent to an activating group) is 1. The van der Waals surface area contributed by atoms with E-state index in [9.17, 15) is 5.11 Å². The SMILES string of the molecule is CCN1CCN(C[C@@H](O)COC23CC4CC(CC(C4)C2)C3)CC1. The molecule has 0 spiro atoms. The summed E-state index contributed by atoms with van der Waals surface area (Å²) in [4.78, 5) is 4.88. The molecule has 5 aliphatic rings. The Hall–Kier alpha value is -0.160. The summed E-state index contributed by atoms with van der Waals surface area (Å²) >= 11 is 0. The first-order chi connectivity index (χ1) is 11.1. The number of aliphatic hydroxyl groups excluding tert-OH is 1. The summed E-state index contributed by atoms with van der Waals surface area (Å²) in [6, 6.07) is 0. The number of hydrogen-bond donors (Lipinski definition) is 1. The predicted octanol–water partition coefficient (Wildman–Crippen LogP) is 1.97. The standard InChI is InChI=1S/C19H34N2O2/c1-2-20-3-5-21(6-4-20)13-18(22)14-23-19-10-15-7-16(11-19)9-17(8-15)12-19/h15-18,22H,2-14H2,1H3/t15?,16?,17?,18-,19?/m1/s1. The van der Waals surface area contributed by atoms with Crippen molar-refractivity contribution in [2.24, 2.45) is 17.8 Å². The van der Waals surface area contributed by atoms with Crippen LogP contribution in [0.5, 0.6) is 0 Å². The summed E-state index contributed by atoms with van der Waals surface area (Å²) in [7, 11) is 0. The lowest BCUT2D eigenvalue weighted by Crippen LogP contribution is -2.53. The Morgan fingerprint density at radius 1 is 0.957 bits per heavy atom. The topological polar surface area (TPSA) is 35.9 Å². The fourth-order valence-corrected chi connectivity index (χ4v) is 6.12. The van der Waals surface area contributed by atoms with Gasteiger partial charge in [0.2, 0.25) is 0 Å². The maximum absolute atomic E-state index is 10.4. The van der Waals surface area contributed by atoms with Gasteiger partial charge in [-0.05, 0) is 62.8 Å². The molecule has 1 N–H and O–H groups in total. The molecule has 1 heterocycles. The van der Waals surface area contributed by atoms with E-state index in [2.05, 4.69) is 16.7 Å². The van der Waals surface area contributed by atoms with Crippen LogP contribution in [0.15, 0.2) is 0 Å². The second-order valence-electron chi connectivity index (χ2n) is 8.80. The molecule has 5 rings (SSSR count). The van der Waals surface area contributed by atoms with Crippen molar-refractivity contribution in [2.75, 3.05) is 45.9 Å². The van der Waals surface area contributed by atoms with E-state index in [-0.39, 0.29) is 11.7 Å². The molecule has 132 valence electrons. The molecule has 1 saturated heterocycles. The van der Waals surface area contributed by atoms with Gasteiger partial charge in [-0.1, -0.05) is 6.92 Å². The van der Waals surface area contributed by atoms with Crippen LogP contribution in [-0.2, 0) is 4.74 Å². The first kappa shape index (κ1) is 16.3. The summed E-state index contributed by atoms with van der Waals surface area (Å²) in [5, 5.41) is 10.4. The molecule has 0 amide bonds. The number of ether oxygens (including phenoxy) is 1. The summed E-state index contributed by atoms with van der Waals surface area (Å²) in [5.74, 6) is 2.75. The van der Waals surface area contributed by atoms with Crippen molar-refractivity contribution in [2.45, 2.75) is 57.2 Å². The van der Waals surface area contributed by atoms with Crippen LogP contribution in [0.25, 0.3) is 0 Å². The van der Waals surface area contributed by atoms with Gasteiger partial charge in [0, 0.05) is 32.7 Å². The fraction of sp³-hybridized carbons (Fsp3) is 1.00. The van der Waals surface area contributed by atoms with Crippen LogP contribution < -0.4 is 0 Å². The Bertz CT molecular complexity index is 371. The largest absolute Gasteiger partial charge is 0.389 e. The van der Waals surface area contributed by atoms with Gasteiger partial charge in [-0.15, -0.1) is 0 Å². The number of hydrogen-bond acceptors (Lipinski definition) is 4. The summed E-state index contributed by atoms with van der Waals surface area (Å²) in [6.45, 7) is 9.14. The third kappa shape index (κ3) is 3.60. The fourth-order valence-electron chi connectivity index (χ4n) is 6.12. The Kier molecular flexibility index (Phi) is 4.70. The summed E-state index contributed by atoms with van der Waals surface area (Å²) < 4.78 is 6.40. The van der Waals surface area contributed by atoms with Crippen molar-refractivity contribution in [3.8, 4) is 0 Å². The van der Waals surface area contributed by atoms with Crippen molar-refractivity contribution in [1.82, 2.24) is 9.80 Å². The maximum atomic E-state index is 10.4. The molecule has 23 heavy (non-hydrogen) atoms. The normalized spacial score (nSPS) is 42.3. The van der Waals surface area contributed by atoms with E-state index in [1.165, 1.54) is 38.5 Å². The van der Waals surface area contributed by atoms with Gasteiger partial charge in [0.25, 0.3) is 0 Å². The molecular weight excluding hydrogens is 288 g/mol. The van der Waals surface area contributed by atoms with E-state index in [1.807, 2.05) is 0 Å². The molecule has 4 nitrogen and oxygen atoms in total. The molecular formula is C19H34N2O2. The van der Waals surface area contributed by atoms with Gasteiger partial charge in [-0.3, -0.25) is 4.90 Å². The first-order valence-corrected chi connectivity index (χ1v) is 9.91. The predicted molar refractivity (Wildman–Crippen MR) is 91.4 cm³/mol. The first-order valence-electron chi connectivity index (χ1n) is 9.91. The molecule has 0 aromatic heterocycles. The zero-order valence-corrected chi connectivity index (χ0v) is 14.8. The van der Waals surface area contributed by atoms with Crippen molar-refractivity contribution >= 4 is 0 Å². The van der Waals surface area contributed by atoms with Crippen LogP contribution in [0.3, 0.4) is 0 Å². The smallest absolute Gasteiger partial charge is 0.0900 e. The van der Waals surface area contributed by atoms with Crippen LogP contribution in [0.4, 0.5) is 0 Å². The van der Waals surface area contributed by atoms with Crippen LogP contribution in [0.1, 0.15) is 45.4 Å². The minimum Gasteiger partial charge on any atom is -0.389 e. The van der Waals surface area contributed by atoms with Gasteiger partial charge in [0.05, 0.1) is 18.3 Å². The summed E-state index contributed by atoms with van der Waals surface area (Å²) in [6.07, 6.45) is 7.83. The van der Waals surface area contributed by atoms with Crippen molar-refractivity contribution in [3.63, 3.8) is 0 Å². The van der Waals surface area contributed by atoms with Gasteiger partial charge in [-0.25, -0.2) is 0 Å². The molecule has 1 aliphatic heterocycles. The van der Waals surface area contributed by atoms with Gasteiger partial charge in [0.15, 0.2) is 0 Å². The van der Waals surface area contributed by atoms with Crippen molar-refractivity contribution in [1.29, 1.82) is 0 Å². The van der Waals surface area contributed by atoms with Gasteiger partial charge in [-0.2, -0.15) is 0 Å². The Morgan fingerprint density at radius 2 is 1.48 bits per heavy atom. The third-order valence-electron chi connectivity index (χ3n) is 6.95. The Balaban J connectivity index is 1.23. The lowest BCUT2D eigenvalue weighted by Gasteiger charge is -2.56. The number of nitrogens with zero attached hydrogens (tertiary/aromatic N) is 2. The molecule has 4 bridgehead atoms. The maximum Gasteiger partial charge on any atom is 0.0900 e. The van der Waals surface area contributed by atoms with Crippen LogP contribution in [0, 0.1) is 17.8 Å². The molecule has 0 aromatic carbocycles. The van der Waals surface area contributed by atoms with Crippen molar-refractivity contribution < 1.29 is 9.84 Å². The number of β-amino-alcohol motifs (C(OH)–C–C–N with tert-alkyl or cyclic N) is 1. The van der Waals surface area contributed by atoms with Crippen LogP contribution in [-0.4, -0.2) is 72.5 Å². The van der Waals surface area contributed by atoms with E-state index in [0.717, 1.165) is 57.0 Å². The highest BCUT2D eigenvalue weighted by molar-refractivity contribution is 5.03. The minimum absolute atomic E-state index is 0.136. The number of aliphatic hydroxyl groups is 1. The second-order valence-corrected chi connectivity index (χ2v) is 8.80. The van der Waals surface area contributed by atoms with E-state index in [1.54, 1.807) is 0 Å². The lowest BCUT2D eigenvalue weighted by molar-refractivity contribution is -0.176. The molecule has 4 heteroatoms. The van der Waals surface area contributed by atoms with Gasteiger partial charge in [0.1, 0.15) is 0 Å². The highest BCUT2D eigenvalue weighted by Gasteiger charge is 2.51. The third-order valence-corrected chi connectivity index (χ3v) is 6.95. The highest BCUT2D eigenvalue weighted by Crippen LogP contribution is 2.57. The second kappa shape index (κ2) is 6.62. The van der Waals surface area contributed by atoms with Crippen LogP contribution in [0.2, 0.25) is 0 Å². The zero-order chi connectivity index (χ0) is 15.9. The highest BCUT2D eigenvalue weighted by atomic mass is 16.5. The number of piperazine rings is 1. The van der Waals surface area contributed by atoms with E-state index < -0.39 is 0 Å². The van der Waals surface area contributed by atoms with Crippen molar-refractivity contribution in [3.05, 3.63) is 0 Å². The molecule has 0 aromatic rings. The van der Waals surface area contributed by atoms with Gasteiger partial charge < -0.3 is 14.7 Å². The molecule has 0 radical (unpaired) electrons. The summed E-state index contributed by atoms with van der Waals surface area (Å²) in [5.41, 5.74) is 0.136. The zero-order valence-electron chi connectivity index (χ0n) is 14.8. The van der Waals surface area contributed by atoms with E-state index in [0.29, 0.717) is 6.61 Å². The number of rotatable bonds is 6. The van der Waals surface area contributed by atoms with Crippen LogP contribution >= 0.6 is 0 Å². The molecule has 5 fully saturated rings. The average molecular weight is 322 g/mol. The Morgan fingerprint density at radius 3 is 2.00 bits per heavy atom. The van der Waals surface area contributed by atoms with Gasteiger partial charge >= 0.3 is 0 Å². The monoisotopic (exact) mass is 322 g/mol. The molecule has 0 unspecified atom stereocenters.